The van der Waals surface area contributed by atoms with Gasteiger partial charge in [-0.15, -0.1) is 0 Å². The van der Waals surface area contributed by atoms with E-state index in [1.165, 1.54) is 16.7 Å². The van der Waals surface area contributed by atoms with Crippen molar-refractivity contribution in [3.63, 3.8) is 0 Å². The molecule has 0 radical (unpaired) electrons. The smallest absolute Gasteiger partial charge is 0.256 e. The van der Waals surface area contributed by atoms with Crippen molar-refractivity contribution in [2.24, 2.45) is 11.8 Å². The number of fused-ring (bicyclic) bond motifs is 1. The van der Waals surface area contributed by atoms with E-state index in [1.807, 2.05) is 0 Å². The highest BCUT2D eigenvalue weighted by molar-refractivity contribution is 5.90. The first kappa shape index (κ1) is 16.6. The van der Waals surface area contributed by atoms with Gasteiger partial charge in [0, 0.05) is 11.3 Å². The van der Waals surface area contributed by atoms with Gasteiger partial charge in [0.25, 0.3) is 5.91 Å². The van der Waals surface area contributed by atoms with E-state index in [2.05, 4.69) is 76.1 Å². The number of para-hydroxylation sites is 1. The molecule has 4 nitrogen and oxygen atoms in total. The standard InChI is InChI=1S/C18H27N3O/c1-11(2)15(17(22)20-19)21-16-12(3)8-7-9-14(16)13(4)10-18(21,5)6/h7-11,15H,19H2,1-6H3,(H,20,22)/t15-/m0/s1. The van der Waals surface area contributed by atoms with Gasteiger partial charge in [0.15, 0.2) is 0 Å². The number of carbonyl (C=O) groups is 1. The second-order valence-electron chi connectivity index (χ2n) is 7.02. The molecule has 0 fully saturated rings. The van der Waals surface area contributed by atoms with Crippen LogP contribution in [0.3, 0.4) is 0 Å². The van der Waals surface area contributed by atoms with Gasteiger partial charge in [-0.3, -0.25) is 10.2 Å². The Morgan fingerprint density at radius 2 is 1.91 bits per heavy atom. The van der Waals surface area contributed by atoms with Crippen LogP contribution in [0.1, 0.15) is 45.7 Å². The molecule has 1 amide bonds. The van der Waals surface area contributed by atoms with E-state index in [-0.39, 0.29) is 23.4 Å². The summed E-state index contributed by atoms with van der Waals surface area (Å²) in [5, 5.41) is 0. The zero-order valence-corrected chi connectivity index (χ0v) is 14.4. The molecule has 1 aliphatic rings. The summed E-state index contributed by atoms with van der Waals surface area (Å²) in [6, 6.07) is 5.96. The van der Waals surface area contributed by atoms with Gasteiger partial charge in [0.2, 0.25) is 0 Å². The van der Waals surface area contributed by atoms with Gasteiger partial charge in [-0.1, -0.05) is 38.1 Å². The van der Waals surface area contributed by atoms with Crippen LogP contribution in [-0.2, 0) is 4.79 Å². The van der Waals surface area contributed by atoms with Crippen molar-refractivity contribution in [2.75, 3.05) is 4.90 Å². The number of aryl methyl sites for hydroxylation is 1. The second-order valence-corrected chi connectivity index (χ2v) is 7.02. The highest BCUT2D eigenvalue weighted by Crippen LogP contribution is 2.43. The molecule has 1 aliphatic heterocycles. The quantitative estimate of drug-likeness (QED) is 0.512. The minimum absolute atomic E-state index is 0.141. The molecule has 0 unspecified atom stereocenters. The fourth-order valence-electron chi connectivity index (χ4n) is 3.56. The summed E-state index contributed by atoms with van der Waals surface area (Å²) in [4.78, 5) is 14.7. The Morgan fingerprint density at radius 3 is 2.45 bits per heavy atom. The maximum Gasteiger partial charge on any atom is 0.256 e. The highest BCUT2D eigenvalue weighted by Gasteiger charge is 2.41. The van der Waals surface area contributed by atoms with Crippen LogP contribution in [0.4, 0.5) is 5.69 Å². The number of allylic oxidation sites excluding steroid dienone is 1. The third-order valence-corrected chi connectivity index (χ3v) is 4.41. The van der Waals surface area contributed by atoms with Crippen LogP contribution in [0.5, 0.6) is 0 Å². The molecule has 1 aromatic rings. The highest BCUT2D eigenvalue weighted by atomic mass is 16.2. The number of hydrazine groups is 1. The predicted molar refractivity (Wildman–Crippen MR) is 92.3 cm³/mol. The van der Waals surface area contributed by atoms with E-state index < -0.39 is 0 Å². The van der Waals surface area contributed by atoms with Crippen LogP contribution in [0, 0.1) is 12.8 Å². The van der Waals surface area contributed by atoms with Crippen molar-refractivity contribution in [2.45, 2.75) is 53.1 Å². The number of rotatable bonds is 3. The lowest BCUT2D eigenvalue weighted by Gasteiger charge is -2.49. The Hall–Kier alpha value is -1.81. The molecule has 1 heterocycles. The Morgan fingerprint density at radius 1 is 1.27 bits per heavy atom. The van der Waals surface area contributed by atoms with Gasteiger partial charge in [-0.2, -0.15) is 0 Å². The van der Waals surface area contributed by atoms with E-state index in [0.717, 1.165) is 5.69 Å². The molecule has 22 heavy (non-hydrogen) atoms. The number of hydrogen-bond donors (Lipinski definition) is 2. The summed E-state index contributed by atoms with van der Waals surface area (Å²) in [6.07, 6.45) is 2.23. The lowest BCUT2D eigenvalue weighted by Crippen LogP contribution is -2.60. The molecule has 4 heteroatoms. The summed E-state index contributed by atoms with van der Waals surface area (Å²) in [6.45, 7) is 12.6. The van der Waals surface area contributed by atoms with E-state index >= 15 is 0 Å². The molecule has 3 N–H and O–H groups in total. The molecular weight excluding hydrogens is 274 g/mol. The molecule has 120 valence electrons. The van der Waals surface area contributed by atoms with Crippen molar-refractivity contribution >= 4 is 17.2 Å². The molecule has 0 aromatic heterocycles. The summed E-state index contributed by atoms with van der Waals surface area (Å²) < 4.78 is 0. The average molecular weight is 301 g/mol. The maximum absolute atomic E-state index is 12.4. The Kier molecular flexibility index (Phi) is 4.34. The number of carbonyl (C=O) groups excluding carboxylic acids is 1. The predicted octanol–water partition coefficient (Wildman–Crippen LogP) is 3.01. The van der Waals surface area contributed by atoms with Crippen molar-refractivity contribution in [3.05, 3.63) is 35.4 Å². The maximum atomic E-state index is 12.4. The van der Waals surface area contributed by atoms with Crippen molar-refractivity contribution in [3.8, 4) is 0 Å². The normalized spacial score (nSPS) is 17.8. The Bertz CT molecular complexity index is 617. The fraction of sp³-hybridized carbons (Fsp3) is 0.500. The van der Waals surface area contributed by atoms with Gasteiger partial charge < -0.3 is 4.90 Å². The molecule has 0 spiro atoms. The summed E-state index contributed by atoms with van der Waals surface area (Å²) in [5.41, 5.74) is 6.83. The molecule has 1 atom stereocenters. The van der Waals surface area contributed by atoms with Crippen LogP contribution < -0.4 is 16.2 Å². The molecule has 0 saturated carbocycles. The van der Waals surface area contributed by atoms with Gasteiger partial charge >= 0.3 is 0 Å². The van der Waals surface area contributed by atoms with E-state index in [4.69, 9.17) is 5.84 Å². The molecule has 0 aliphatic carbocycles. The number of nitrogens with one attached hydrogen (secondary N) is 1. The molecule has 0 bridgehead atoms. The summed E-state index contributed by atoms with van der Waals surface area (Å²) in [7, 11) is 0. The average Bonchev–Trinajstić information content (AvgIpc) is 2.42. The molecule has 0 saturated heterocycles. The Labute approximate surface area is 133 Å². The van der Waals surface area contributed by atoms with E-state index in [9.17, 15) is 4.79 Å². The minimum atomic E-state index is -0.316. The SMILES string of the molecule is CC1=CC(C)(C)N([C@H](C(=O)NN)C(C)C)c2c(C)cccc21. The van der Waals surface area contributed by atoms with Gasteiger partial charge in [-0.25, -0.2) is 5.84 Å². The zero-order chi connectivity index (χ0) is 16.7. The first-order valence-corrected chi connectivity index (χ1v) is 7.80. The number of nitrogens with two attached hydrogens (primary N) is 1. The molecule has 2 rings (SSSR count). The zero-order valence-electron chi connectivity index (χ0n) is 14.4. The van der Waals surface area contributed by atoms with Crippen LogP contribution in [-0.4, -0.2) is 17.5 Å². The minimum Gasteiger partial charge on any atom is -0.350 e. The van der Waals surface area contributed by atoms with Crippen LogP contribution in [0.2, 0.25) is 0 Å². The van der Waals surface area contributed by atoms with Crippen LogP contribution >= 0.6 is 0 Å². The number of nitrogens with zero attached hydrogens (tertiary/aromatic N) is 1. The fourth-order valence-corrected chi connectivity index (χ4v) is 3.56. The molecule has 1 aromatic carbocycles. The first-order valence-electron chi connectivity index (χ1n) is 7.80. The first-order chi connectivity index (χ1) is 10.2. The summed E-state index contributed by atoms with van der Waals surface area (Å²) >= 11 is 0. The van der Waals surface area contributed by atoms with Crippen molar-refractivity contribution in [1.29, 1.82) is 0 Å². The van der Waals surface area contributed by atoms with Crippen molar-refractivity contribution < 1.29 is 4.79 Å². The van der Waals surface area contributed by atoms with E-state index in [0.29, 0.717) is 0 Å². The van der Waals surface area contributed by atoms with Crippen molar-refractivity contribution in [1.82, 2.24) is 5.43 Å². The lowest BCUT2D eigenvalue weighted by molar-refractivity contribution is -0.123. The monoisotopic (exact) mass is 301 g/mol. The number of hydrogen-bond acceptors (Lipinski definition) is 3. The second kappa shape index (κ2) is 5.76. The Balaban J connectivity index is 2.71. The van der Waals surface area contributed by atoms with Crippen LogP contribution in [0.15, 0.2) is 24.3 Å². The summed E-state index contributed by atoms with van der Waals surface area (Å²) in [5.74, 6) is 5.44. The van der Waals surface area contributed by atoms with E-state index in [1.54, 1.807) is 0 Å². The number of benzene rings is 1. The topological polar surface area (TPSA) is 58.4 Å². The number of amides is 1. The van der Waals surface area contributed by atoms with Gasteiger partial charge in [-0.05, 0) is 44.7 Å². The lowest BCUT2D eigenvalue weighted by atomic mass is 9.84. The molecular formula is C18H27N3O. The third kappa shape index (κ3) is 2.63. The van der Waals surface area contributed by atoms with Gasteiger partial charge in [0.05, 0.1) is 5.54 Å². The largest absolute Gasteiger partial charge is 0.350 e. The van der Waals surface area contributed by atoms with Crippen LogP contribution in [0.25, 0.3) is 5.57 Å². The van der Waals surface area contributed by atoms with Gasteiger partial charge in [0.1, 0.15) is 6.04 Å². The third-order valence-electron chi connectivity index (χ3n) is 4.41. The number of anilines is 1.